The Morgan fingerprint density at radius 3 is 2.18 bits per heavy atom. The Balaban J connectivity index is 1.95. The number of esters is 1. The van der Waals surface area contributed by atoms with Crippen molar-refractivity contribution in [1.82, 2.24) is 10.3 Å². The van der Waals surface area contributed by atoms with Crippen LogP contribution in [-0.2, 0) is 9.53 Å². The summed E-state index contributed by atoms with van der Waals surface area (Å²) in [4.78, 5) is 54.2. The lowest BCUT2D eigenvalue weighted by Crippen LogP contribution is -2.45. The number of nitrogens with zero attached hydrogens (tertiary/aromatic N) is 1. The van der Waals surface area contributed by atoms with Crippen molar-refractivity contribution in [2.24, 2.45) is 11.7 Å². The van der Waals surface area contributed by atoms with E-state index in [-0.39, 0.29) is 39.6 Å². The van der Waals surface area contributed by atoms with Crippen molar-refractivity contribution < 1.29 is 29.0 Å². The molecule has 3 rings (SSSR count). The molecule has 0 radical (unpaired) electrons. The number of benzene rings is 2. The normalized spacial score (nSPS) is 11.4. The van der Waals surface area contributed by atoms with E-state index in [9.17, 15) is 24.3 Å². The highest BCUT2D eigenvalue weighted by molar-refractivity contribution is 6.11. The van der Waals surface area contributed by atoms with Gasteiger partial charge in [0, 0.05) is 34.8 Å². The van der Waals surface area contributed by atoms with Crippen LogP contribution in [0.2, 0.25) is 0 Å². The van der Waals surface area contributed by atoms with E-state index in [0.717, 1.165) is 0 Å². The number of hydrogen-bond donors (Lipinski definition) is 5. The van der Waals surface area contributed by atoms with Crippen molar-refractivity contribution in [3.8, 4) is 11.1 Å². The van der Waals surface area contributed by atoms with Gasteiger partial charge in [-0.25, -0.2) is 9.59 Å². The first-order valence-corrected chi connectivity index (χ1v) is 11.5. The average molecular weight is 518 g/mol. The summed E-state index contributed by atoms with van der Waals surface area (Å²) < 4.78 is 4.74. The number of carbonyl (C=O) groups excluding carboxylic acids is 3. The molecule has 0 saturated carbocycles. The number of hydrogen-bond acceptors (Lipinski definition) is 7. The van der Waals surface area contributed by atoms with Gasteiger partial charge in [0.05, 0.1) is 18.2 Å². The number of anilines is 1. The zero-order valence-electron chi connectivity index (χ0n) is 20.9. The number of rotatable bonds is 9. The summed E-state index contributed by atoms with van der Waals surface area (Å²) in [5, 5.41) is 22.7. The van der Waals surface area contributed by atoms with Gasteiger partial charge >= 0.3 is 11.9 Å². The maximum absolute atomic E-state index is 13.1. The maximum Gasteiger partial charge on any atom is 0.336 e. The van der Waals surface area contributed by atoms with E-state index >= 15 is 0 Å². The summed E-state index contributed by atoms with van der Waals surface area (Å²) in [5.41, 5.74) is 6.75. The third-order valence-electron chi connectivity index (χ3n) is 5.73. The number of carboxylic acid groups (broad SMARTS) is 1. The van der Waals surface area contributed by atoms with Gasteiger partial charge in [-0.3, -0.25) is 20.0 Å². The van der Waals surface area contributed by atoms with E-state index in [4.69, 9.17) is 15.9 Å². The van der Waals surface area contributed by atoms with Gasteiger partial charge in [-0.05, 0) is 53.9 Å². The summed E-state index contributed by atoms with van der Waals surface area (Å²) in [6, 6.07) is 10.9. The van der Waals surface area contributed by atoms with Gasteiger partial charge in [0.25, 0.3) is 11.8 Å². The lowest BCUT2D eigenvalue weighted by Gasteiger charge is -2.20. The fourth-order valence-corrected chi connectivity index (χ4v) is 3.69. The molecule has 196 valence electrons. The molecule has 0 bridgehead atoms. The van der Waals surface area contributed by atoms with Gasteiger partial charge in [-0.2, -0.15) is 0 Å². The molecule has 11 heteroatoms. The first kappa shape index (κ1) is 27.5. The molecule has 0 saturated heterocycles. The number of pyridine rings is 1. The van der Waals surface area contributed by atoms with Gasteiger partial charge in [-0.1, -0.05) is 19.9 Å². The molecule has 0 aliphatic rings. The second-order valence-electron chi connectivity index (χ2n) is 8.65. The van der Waals surface area contributed by atoms with Crippen LogP contribution in [-0.4, -0.2) is 52.8 Å². The molecule has 0 aliphatic carbocycles. The summed E-state index contributed by atoms with van der Waals surface area (Å²) in [6.07, 6.45) is 2.76. The summed E-state index contributed by atoms with van der Waals surface area (Å²) in [7, 11) is 1.21. The monoisotopic (exact) mass is 517 g/mol. The van der Waals surface area contributed by atoms with Crippen molar-refractivity contribution in [3.05, 3.63) is 83.2 Å². The molecular weight excluding hydrogens is 490 g/mol. The van der Waals surface area contributed by atoms with E-state index < -0.39 is 29.8 Å². The van der Waals surface area contributed by atoms with Crippen molar-refractivity contribution in [2.45, 2.75) is 19.9 Å². The van der Waals surface area contributed by atoms with Crippen molar-refractivity contribution in [1.29, 1.82) is 5.41 Å². The van der Waals surface area contributed by atoms with E-state index in [1.807, 2.05) is 0 Å². The van der Waals surface area contributed by atoms with Crippen LogP contribution in [0, 0.1) is 11.3 Å². The molecular formula is C27H27N5O6. The van der Waals surface area contributed by atoms with Crippen molar-refractivity contribution in [2.75, 3.05) is 12.4 Å². The number of amides is 2. The van der Waals surface area contributed by atoms with Crippen LogP contribution < -0.4 is 16.4 Å². The number of ether oxygens (including phenoxy) is 1. The quantitative estimate of drug-likeness (QED) is 0.163. The van der Waals surface area contributed by atoms with E-state index in [0.29, 0.717) is 11.3 Å². The molecule has 0 spiro atoms. The SMILES string of the molecule is COC(=O)C(NC(=O)c1ccc(-c2cnccc2C(=O)Nc2ccc(C(=N)N)cc2)c(C(=O)O)c1)C(C)C. The molecule has 2 aromatic carbocycles. The van der Waals surface area contributed by atoms with Crippen LogP contribution in [0.3, 0.4) is 0 Å². The van der Waals surface area contributed by atoms with Gasteiger partial charge in [0.2, 0.25) is 0 Å². The zero-order chi connectivity index (χ0) is 28.0. The van der Waals surface area contributed by atoms with Crippen LogP contribution in [0.5, 0.6) is 0 Å². The average Bonchev–Trinajstić information content (AvgIpc) is 2.90. The maximum atomic E-state index is 13.1. The molecule has 1 aromatic heterocycles. The molecule has 1 atom stereocenters. The highest BCUT2D eigenvalue weighted by atomic mass is 16.5. The second kappa shape index (κ2) is 11.8. The number of amidine groups is 1. The first-order chi connectivity index (χ1) is 18.0. The van der Waals surface area contributed by atoms with Gasteiger partial charge < -0.3 is 26.2 Å². The van der Waals surface area contributed by atoms with Gasteiger partial charge in [0.15, 0.2) is 0 Å². The van der Waals surface area contributed by atoms with Gasteiger partial charge in [-0.15, -0.1) is 0 Å². The van der Waals surface area contributed by atoms with Crippen LogP contribution in [0.1, 0.15) is 50.5 Å². The largest absolute Gasteiger partial charge is 0.478 e. The van der Waals surface area contributed by atoms with E-state index in [1.54, 1.807) is 38.1 Å². The molecule has 1 heterocycles. The minimum absolute atomic E-state index is 0.0150. The summed E-state index contributed by atoms with van der Waals surface area (Å²) >= 11 is 0. The highest BCUT2D eigenvalue weighted by Crippen LogP contribution is 2.28. The molecule has 0 fully saturated rings. The third-order valence-corrected chi connectivity index (χ3v) is 5.73. The number of aromatic nitrogens is 1. The summed E-state index contributed by atoms with van der Waals surface area (Å²) in [6.45, 7) is 3.47. The molecule has 2 amide bonds. The Bertz CT molecular complexity index is 1400. The molecule has 11 nitrogen and oxygen atoms in total. The molecule has 38 heavy (non-hydrogen) atoms. The smallest absolute Gasteiger partial charge is 0.336 e. The second-order valence-corrected chi connectivity index (χ2v) is 8.65. The van der Waals surface area contributed by atoms with Crippen LogP contribution in [0.15, 0.2) is 60.9 Å². The lowest BCUT2D eigenvalue weighted by molar-refractivity contribution is -0.144. The Kier molecular flexibility index (Phi) is 8.54. The number of nitrogens with one attached hydrogen (secondary N) is 3. The standard InChI is InChI=1S/C27H27N5O6/c1-14(2)22(27(37)38-3)32-24(33)16-6-9-18(20(12-16)26(35)36)21-13-30-11-10-19(21)25(34)31-17-7-4-15(5-8-17)23(28)29/h4-14,22H,1-3H3,(H3,28,29)(H,31,34)(H,32,33)(H,35,36). The topological polar surface area (TPSA) is 185 Å². The number of carbonyl (C=O) groups is 4. The highest BCUT2D eigenvalue weighted by Gasteiger charge is 2.26. The Morgan fingerprint density at radius 2 is 1.61 bits per heavy atom. The predicted octanol–water partition coefficient (Wildman–Crippen LogP) is 2.91. The van der Waals surface area contributed by atoms with E-state index in [1.165, 1.54) is 43.8 Å². The van der Waals surface area contributed by atoms with Crippen molar-refractivity contribution in [3.63, 3.8) is 0 Å². The Labute approximate surface area is 218 Å². The van der Waals surface area contributed by atoms with Crippen molar-refractivity contribution >= 4 is 35.3 Å². The molecule has 6 N–H and O–H groups in total. The first-order valence-electron chi connectivity index (χ1n) is 11.5. The fraction of sp³-hybridized carbons (Fsp3) is 0.185. The van der Waals surface area contributed by atoms with E-state index in [2.05, 4.69) is 15.6 Å². The molecule has 0 aliphatic heterocycles. The summed E-state index contributed by atoms with van der Waals surface area (Å²) in [5.74, 6) is -3.49. The number of nitrogen functional groups attached to an aromatic ring is 1. The van der Waals surface area contributed by atoms with Crippen LogP contribution in [0.25, 0.3) is 11.1 Å². The number of carboxylic acids is 1. The zero-order valence-corrected chi connectivity index (χ0v) is 20.9. The van der Waals surface area contributed by atoms with Gasteiger partial charge in [0.1, 0.15) is 11.9 Å². The number of nitrogens with two attached hydrogens (primary N) is 1. The fourth-order valence-electron chi connectivity index (χ4n) is 3.69. The minimum Gasteiger partial charge on any atom is -0.478 e. The van der Waals surface area contributed by atoms with Crippen LogP contribution >= 0.6 is 0 Å². The number of aromatic carboxylic acids is 1. The molecule has 1 unspecified atom stereocenters. The Morgan fingerprint density at radius 1 is 0.947 bits per heavy atom. The third kappa shape index (κ3) is 6.19. The molecule has 3 aromatic rings. The number of methoxy groups -OCH3 is 1. The minimum atomic E-state index is -1.32. The Hall–Kier alpha value is -5.06. The lowest BCUT2D eigenvalue weighted by atomic mass is 9.94. The van der Waals surface area contributed by atoms with Crippen LogP contribution in [0.4, 0.5) is 5.69 Å². The predicted molar refractivity (Wildman–Crippen MR) is 140 cm³/mol.